The van der Waals surface area contributed by atoms with Crippen LogP contribution in [0.1, 0.15) is 46.7 Å². The Morgan fingerprint density at radius 1 is 1.19 bits per heavy atom. The summed E-state index contributed by atoms with van der Waals surface area (Å²) < 4.78 is 5.29. The first-order chi connectivity index (χ1) is 12.5. The highest BCUT2D eigenvalue weighted by molar-refractivity contribution is 7.98. The average molecular weight is 373 g/mol. The number of carboxylic acids is 1. The van der Waals surface area contributed by atoms with Gasteiger partial charge in [0.2, 0.25) is 0 Å². The van der Waals surface area contributed by atoms with Gasteiger partial charge in [-0.2, -0.15) is 0 Å². The van der Waals surface area contributed by atoms with Crippen molar-refractivity contribution < 1.29 is 19.1 Å². The van der Waals surface area contributed by atoms with Crippen molar-refractivity contribution in [1.29, 1.82) is 0 Å². The molecule has 138 valence electrons. The molecule has 6 heteroatoms. The third-order valence-electron chi connectivity index (χ3n) is 5.07. The average Bonchev–Trinajstić information content (AvgIpc) is 3.11. The van der Waals surface area contributed by atoms with Crippen LogP contribution in [-0.4, -0.2) is 35.0 Å². The van der Waals surface area contributed by atoms with Crippen LogP contribution in [0.4, 0.5) is 0 Å². The van der Waals surface area contributed by atoms with Crippen LogP contribution in [0.25, 0.3) is 0 Å². The van der Waals surface area contributed by atoms with E-state index < -0.39 is 5.97 Å². The van der Waals surface area contributed by atoms with E-state index in [0.29, 0.717) is 28.9 Å². The van der Waals surface area contributed by atoms with Crippen molar-refractivity contribution >= 4 is 23.6 Å². The van der Waals surface area contributed by atoms with Crippen LogP contribution in [-0.2, 0) is 5.75 Å². The Morgan fingerprint density at radius 3 is 2.69 bits per heavy atom. The Kier molecular flexibility index (Phi) is 5.71. The molecule has 1 amide bonds. The molecule has 0 bridgehead atoms. The predicted molar refractivity (Wildman–Crippen MR) is 101 cm³/mol. The second kappa shape index (κ2) is 7.99. The van der Waals surface area contributed by atoms with Crippen molar-refractivity contribution in [1.82, 2.24) is 4.90 Å². The van der Waals surface area contributed by atoms with Crippen LogP contribution < -0.4 is 0 Å². The lowest BCUT2D eigenvalue weighted by molar-refractivity contribution is 0.0623. The molecule has 1 N–H and O–H groups in total. The SMILES string of the molecule is CC1CCN(C(=O)c2ccccc2SCc2occc2C(=O)O)CC1C. The quantitative estimate of drug-likeness (QED) is 0.787. The monoisotopic (exact) mass is 373 g/mol. The van der Waals surface area contributed by atoms with E-state index in [1.807, 2.05) is 29.2 Å². The molecule has 0 radical (unpaired) electrons. The first kappa shape index (κ1) is 18.6. The molecular weight excluding hydrogens is 350 g/mol. The van der Waals surface area contributed by atoms with Gasteiger partial charge in [0.25, 0.3) is 5.91 Å². The maximum absolute atomic E-state index is 13.0. The Labute approximate surface area is 157 Å². The van der Waals surface area contributed by atoms with Crippen LogP contribution in [0, 0.1) is 11.8 Å². The lowest BCUT2D eigenvalue weighted by atomic mass is 9.88. The van der Waals surface area contributed by atoms with Gasteiger partial charge in [-0.05, 0) is 36.5 Å². The first-order valence-electron chi connectivity index (χ1n) is 8.78. The molecule has 2 unspecified atom stereocenters. The second-order valence-corrected chi connectivity index (χ2v) is 7.86. The molecule has 26 heavy (non-hydrogen) atoms. The Balaban J connectivity index is 1.75. The van der Waals surface area contributed by atoms with Gasteiger partial charge in [-0.3, -0.25) is 4.79 Å². The summed E-state index contributed by atoms with van der Waals surface area (Å²) in [4.78, 5) is 27.0. The fraction of sp³-hybridized carbons (Fsp3) is 0.400. The van der Waals surface area contributed by atoms with Gasteiger partial charge in [-0.25, -0.2) is 4.79 Å². The third-order valence-corrected chi connectivity index (χ3v) is 6.15. The van der Waals surface area contributed by atoms with Gasteiger partial charge in [0, 0.05) is 18.0 Å². The molecule has 1 aliphatic heterocycles. The molecule has 1 aliphatic rings. The van der Waals surface area contributed by atoms with E-state index in [1.54, 1.807) is 0 Å². The number of thioether (sulfide) groups is 1. The Bertz CT molecular complexity index is 801. The van der Waals surface area contributed by atoms with Crippen LogP contribution >= 0.6 is 11.8 Å². The molecule has 2 atom stereocenters. The maximum Gasteiger partial charge on any atom is 0.339 e. The van der Waals surface area contributed by atoms with Crippen molar-refractivity contribution in [2.75, 3.05) is 13.1 Å². The van der Waals surface area contributed by atoms with Gasteiger partial charge >= 0.3 is 5.97 Å². The van der Waals surface area contributed by atoms with Crippen molar-refractivity contribution in [2.45, 2.75) is 30.9 Å². The van der Waals surface area contributed by atoms with Gasteiger partial charge in [0.05, 0.1) is 17.6 Å². The second-order valence-electron chi connectivity index (χ2n) is 6.84. The fourth-order valence-electron chi connectivity index (χ4n) is 3.17. The number of nitrogens with zero attached hydrogens (tertiary/aromatic N) is 1. The van der Waals surface area contributed by atoms with Gasteiger partial charge in [-0.15, -0.1) is 11.8 Å². The van der Waals surface area contributed by atoms with Crippen LogP contribution in [0.5, 0.6) is 0 Å². The summed E-state index contributed by atoms with van der Waals surface area (Å²) in [7, 11) is 0. The van der Waals surface area contributed by atoms with Crippen LogP contribution in [0.15, 0.2) is 45.9 Å². The van der Waals surface area contributed by atoms with E-state index in [9.17, 15) is 14.7 Å². The number of carbonyl (C=O) groups excluding carboxylic acids is 1. The van der Waals surface area contributed by atoms with Gasteiger partial charge in [-0.1, -0.05) is 26.0 Å². The molecule has 1 aromatic carbocycles. The third kappa shape index (κ3) is 3.96. The minimum atomic E-state index is -1.00. The Morgan fingerprint density at radius 2 is 1.96 bits per heavy atom. The highest BCUT2D eigenvalue weighted by Gasteiger charge is 2.27. The number of aromatic carboxylic acids is 1. The molecule has 1 fully saturated rings. The zero-order chi connectivity index (χ0) is 18.7. The van der Waals surface area contributed by atoms with Crippen molar-refractivity contribution in [3.8, 4) is 0 Å². The van der Waals surface area contributed by atoms with Crippen LogP contribution in [0.2, 0.25) is 0 Å². The summed E-state index contributed by atoms with van der Waals surface area (Å²) in [5.74, 6) is 0.947. The molecule has 1 aromatic heterocycles. The van der Waals surface area contributed by atoms with Gasteiger partial charge in [0.15, 0.2) is 0 Å². The topological polar surface area (TPSA) is 70.8 Å². The van der Waals surface area contributed by atoms with Crippen molar-refractivity contribution in [3.63, 3.8) is 0 Å². The lowest BCUT2D eigenvalue weighted by Crippen LogP contribution is -2.42. The maximum atomic E-state index is 13.0. The smallest absolute Gasteiger partial charge is 0.339 e. The number of benzene rings is 1. The number of piperidine rings is 1. The number of hydrogen-bond donors (Lipinski definition) is 1. The summed E-state index contributed by atoms with van der Waals surface area (Å²) in [6.45, 7) is 5.99. The molecule has 3 rings (SSSR count). The van der Waals surface area contributed by atoms with E-state index in [2.05, 4.69) is 13.8 Å². The minimum Gasteiger partial charge on any atom is -0.478 e. The van der Waals surface area contributed by atoms with Crippen LogP contribution in [0.3, 0.4) is 0 Å². The molecule has 1 saturated heterocycles. The molecule has 0 aliphatic carbocycles. The summed E-state index contributed by atoms with van der Waals surface area (Å²) >= 11 is 1.43. The minimum absolute atomic E-state index is 0.0461. The zero-order valence-corrected chi connectivity index (χ0v) is 15.8. The summed E-state index contributed by atoms with van der Waals surface area (Å²) in [5.41, 5.74) is 0.836. The molecule has 0 saturated carbocycles. The number of amides is 1. The molecule has 2 heterocycles. The fourth-order valence-corrected chi connectivity index (χ4v) is 4.17. The molecule has 0 spiro atoms. The van der Waals surface area contributed by atoms with E-state index in [-0.39, 0.29) is 11.5 Å². The number of hydrogen-bond acceptors (Lipinski definition) is 4. The highest BCUT2D eigenvalue weighted by atomic mass is 32.2. The number of likely N-dealkylation sites (tertiary alicyclic amines) is 1. The normalized spacial score (nSPS) is 20.2. The summed E-state index contributed by atoms with van der Waals surface area (Å²) in [5, 5.41) is 9.18. The van der Waals surface area contributed by atoms with E-state index in [0.717, 1.165) is 24.4 Å². The molecular formula is C20H23NO4S. The van der Waals surface area contributed by atoms with E-state index in [4.69, 9.17) is 4.42 Å². The van der Waals surface area contributed by atoms with E-state index in [1.165, 1.54) is 24.1 Å². The zero-order valence-electron chi connectivity index (χ0n) is 15.0. The number of rotatable bonds is 5. The first-order valence-corrected chi connectivity index (χ1v) is 9.76. The van der Waals surface area contributed by atoms with Gasteiger partial charge in [0.1, 0.15) is 11.3 Å². The van der Waals surface area contributed by atoms with Crippen molar-refractivity contribution in [2.24, 2.45) is 11.8 Å². The van der Waals surface area contributed by atoms with Crippen molar-refractivity contribution in [3.05, 3.63) is 53.5 Å². The Hall–Kier alpha value is -2.21. The summed E-state index contributed by atoms with van der Waals surface area (Å²) in [6.07, 6.45) is 2.41. The predicted octanol–water partition coefficient (Wildman–Crippen LogP) is 4.39. The highest BCUT2D eigenvalue weighted by Crippen LogP contribution is 2.30. The summed E-state index contributed by atoms with van der Waals surface area (Å²) in [6, 6.07) is 8.94. The molecule has 2 aromatic rings. The largest absolute Gasteiger partial charge is 0.478 e. The number of furan rings is 1. The van der Waals surface area contributed by atoms with E-state index >= 15 is 0 Å². The number of carbonyl (C=O) groups is 2. The lowest BCUT2D eigenvalue weighted by Gasteiger charge is -2.35. The standard InChI is InChI=1S/C20H23NO4S/c1-13-7-9-21(11-14(13)2)19(22)16-5-3-4-6-18(16)26-12-17-15(20(23)24)8-10-25-17/h3-6,8,10,13-14H,7,9,11-12H2,1-2H3,(H,23,24). The number of carboxylic acid groups (broad SMARTS) is 1. The molecule has 5 nitrogen and oxygen atoms in total. The van der Waals surface area contributed by atoms with Gasteiger partial charge < -0.3 is 14.4 Å².